The highest BCUT2D eigenvalue weighted by atomic mass is 16.5. The van der Waals surface area contributed by atoms with Crippen LogP contribution in [0.1, 0.15) is 82.5 Å². The lowest BCUT2D eigenvalue weighted by Gasteiger charge is -2.56. The van der Waals surface area contributed by atoms with E-state index in [4.69, 9.17) is 15.2 Å². The Hall–Kier alpha value is -3.61. The van der Waals surface area contributed by atoms with Crippen molar-refractivity contribution in [3.8, 4) is 11.5 Å². The number of esters is 2. The highest BCUT2D eigenvalue weighted by Gasteiger charge is 2.58. The minimum Gasteiger partial charge on any atom is -0.507 e. The van der Waals surface area contributed by atoms with E-state index in [1.807, 2.05) is 6.07 Å². The predicted molar refractivity (Wildman–Crippen MR) is 156 cm³/mol. The van der Waals surface area contributed by atoms with Gasteiger partial charge in [0.05, 0.1) is 0 Å². The van der Waals surface area contributed by atoms with E-state index in [2.05, 4.69) is 19.9 Å². The molecule has 6 unspecified atom stereocenters. The summed E-state index contributed by atoms with van der Waals surface area (Å²) in [4.78, 5) is 35.5. The van der Waals surface area contributed by atoms with Crippen LogP contribution in [0.15, 0.2) is 60.2 Å². The summed E-state index contributed by atoms with van der Waals surface area (Å²) in [6.45, 7) is 6.19. The number of phenolic OH excluding ortho intramolecular Hbond substituents is 1. The van der Waals surface area contributed by atoms with Crippen LogP contribution in [0.3, 0.4) is 0 Å². The number of hydrogen-bond acceptors (Lipinski definition) is 7. The molecular weight excluding hydrogens is 518 g/mol. The number of aromatic hydroxyl groups is 1. The van der Waals surface area contributed by atoms with Crippen LogP contribution in [0.5, 0.6) is 11.5 Å². The quantitative estimate of drug-likeness (QED) is 0.187. The molecule has 0 bridgehead atoms. The Morgan fingerprint density at radius 2 is 1.68 bits per heavy atom. The van der Waals surface area contributed by atoms with E-state index >= 15 is 0 Å². The fourth-order valence-corrected chi connectivity index (χ4v) is 8.11. The molecule has 6 rings (SSSR count). The molecule has 0 saturated heterocycles. The van der Waals surface area contributed by atoms with Crippen molar-refractivity contribution in [3.63, 3.8) is 0 Å². The van der Waals surface area contributed by atoms with E-state index in [0.717, 1.165) is 44.9 Å². The number of carbonyl (C=O) groups is 3. The summed E-state index contributed by atoms with van der Waals surface area (Å²) in [6, 6.07) is 12.9. The van der Waals surface area contributed by atoms with Crippen molar-refractivity contribution in [1.82, 2.24) is 0 Å². The number of rotatable bonds is 3. The number of benzene rings is 2. The number of carbonyl (C=O) groups excluding carboxylic acids is 3. The summed E-state index contributed by atoms with van der Waals surface area (Å²) >= 11 is 0. The summed E-state index contributed by atoms with van der Waals surface area (Å²) in [5.74, 6) is 1.95. The van der Waals surface area contributed by atoms with E-state index in [-0.39, 0.29) is 34.2 Å². The Morgan fingerprint density at radius 3 is 2.39 bits per heavy atom. The fourth-order valence-electron chi connectivity index (χ4n) is 8.11. The largest absolute Gasteiger partial charge is 0.507 e. The normalized spacial score (nSPS) is 31.8. The van der Waals surface area contributed by atoms with E-state index in [1.54, 1.807) is 24.3 Å². The zero-order chi connectivity index (χ0) is 29.4. The molecule has 4 aliphatic rings. The van der Waals surface area contributed by atoms with Gasteiger partial charge in [0.1, 0.15) is 28.9 Å². The number of fused-ring (bicyclic) bond motifs is 5. The maximum Gasteiger partial charge on any atom is 0.347 e. The van der Waals surface area contributed by atoms with E-state index in [1.165, 1.54) is 37.1 Å². The second-order valence-corrected chi connectivity index (χ2v) is 12.6. The summed E-state index contributed by atoms with van der Waals surface area (Å²) in [5, 5.41) is 9.56. The number of Topliss-reactive ketones (excluding diaryl/α,β-unsaturated/α-hetero) is 1. The minimum absolute atomic E-state index is 0.0438. The molecule has 3 saturated carbocycles. The number of para-hydroxylation sites is 1. The van der Waals surface area contributed by atoms with Crippen molar-refractivity contribution in [2.45, 2.75) is 78.2 Å². The molecular formula is C34H41NO6. The molecule has 41 heavy (non-hydrogen) atoms. The van der Waals surface area contributed by atoms with Gasteiger partial charge in [-0.3, -0.25) is 9.59 Å². The van der Waals surface area contributed by atoms with Crippen LogP contribution in [0.2, 0.25) is 0 Å². The first kappa shape index (κ1) is 28.9. The van der Waals surface area contributed by atoms with Crippen molar-refractivity contribution in [2.24, 2.45) is 28.6 Å². The van der Waals surface area contributed by atoms with Crippen molar-refractivity contribution in [3.05, 3.63) is 65.7 Å². The molecule has 3 N–H and O–H groups in total. The lowest BCUT2D eigenvalue weighted by atomic mass is 9.48. The van der Waals surface area contributed by atoms with Gasteiger partial charge >= 0.3 is 11.9 Å². The predicted octanol–water partition coefficient (Wildman–Crippen LogP) is 6.64. The van der Waals surface area contributed by atoms with Crippen molar-refractivity contribution in [1.29, 1.82) is 0 Å². The Balaban J connectivity index is 0.000000175. The lowest BCUT2D eigenvalue weighted by Crippen LogP contribution is -2.50. The monoisotopic (exact) mass is 559 g/mol. The Bertz CT molecular complexity index is 1350. The molecule has 0 aliphatic heterocycles. The number of nitrogen functional groups attached to an aromatic ring is 1. The average Bonchev–Trinajstić information content (AvgIpc) is 3.23. The van der Waals surface area contributed by atoms with Crippen LogP contribution in [-0.2, 0) is 14.3 Å². The van der Waals surface area contributed by atoms with Gasteiger partial charge in [0.15, 0.2) is 0 Å². The number of phenols is 1. The van der Waals surface area contributed by atoms with Gasteiger partial charge in [-0.1, -0.05) is 43.7 Å². The number of nitrogens with two attached hydrogens (primary N) is 1. The second kappa shape index (κ2) is 11.3. The molecule has 2 aromatic carbocycles. The summed E-state index contributed by atoms with van der Waals surface area (Å²) < 4.78 is 10.6. The van der Waals surface area contributed by atoms with Gasteiger partial charge in [-0.2, -0.15) is 0 Å². The van der Waals surface area contributed by atoms with Crippen LogP contribution in [0, 0.1) is 28.6 Å². The van der Waals surface area contributed by atoms with Crippen LogP contribution < -0.4 is 10.5 Å². The number of ether oxygens (including phenoxy) is 2. The van der Waals surface area contributed by atoms with Gasteiger partial charge in [0.2, 0.25) is 0 Å². The molecule has 0 radical (unpaired) electrons. The smallest absolute Gasteiger partial charge is 0.347 e. The van der Waals surface area contributed by atoms with Gasteiger partial charge in [0, 0.05) is 36.9 Å². The molecule has 0 aromatic heterocycles. The first-order valence-electron chi connectivity index (χ1n) is 14.8. The molecule has 7 nitrogen and oxygen atoms in total. The summed E-state index contributed by atoms with van der Waals surface area (Å²) in [5.41, 5.74) is 7.68. The first-order chi connectivity index (χ1) is 19.5. The summed E-state index contributed by atoms with van der Waals surface area (Å²) in [6.07, 6.45) is 10.8. The highest BCUT2D eigenvalue weighted by Crippen LogP contribution is 2.64. The van der Waals surface area contributed by atoms with Gasteiger partial charge in [0.25, 0.3) is 0 Å². The molecule has 3 fully saturated rings. The number of hydrogen-bond donors (Lipinski definition) is 2. The third-order valence-electron chi connectivity index (χ3n) is 10.3. The van der Waals surface area contributed by atoms with E-state index in [0.29, 0.717) is 35.0 Å². The SMILES string of the molecule is CC(=O)OC1CCC2(C)C(=CCC3C4CCC(=O)C4(C)CCC32)C1.Nc1ccc(C(=O)Oc2ccccc2)c(O)c1. The van der Waals surface area contributed by atoms with Crippen molar-refractivity contribution < 1.29 is 29.0 Å². The maximum atomic E-state index is 12.4. The molecule has 218 valence electrons. The van der Waals surface area contributed by atoms with Gasteiger partial charge in [-0.25, -0.2) is 4.79 Å². The van der Waals surface area contributed by atoms with Gasteiger partial charge < -0.3 is 20.3 Å². The number of anilines is 1. The van der Waals surface area contributed by atoms with Crippen LogP contribution in [0.4, 0.5) is 5.69 Å². The van der Waals surface area contributed by atoms with Crippen LogP contribution in [-0.4, -0.2) is 28.9 Å². The number of ketones is 1. The average molecular weight is 560 g/mol. The molecule has 2 aromatic rings. The second-order valence-electron chi connectivity index (χ2n) is 12.6. The topological polar surface area (TPSA) is 116 Å². The van der Waals surface area contributed by atoms with E-state index in [9.17, 15) is 19.5 Å². The third-order valence-corrected chi connectivity index (χ3v) is 10.3. The molecule has 0 amide bonds. The minimum atomic E-state index is -0.617. The number of allylic oxidation sites excluding steroid dienone is 1. The standard InChI is InChI=1S/C21H30O3.C13H11NO3/c1-13(22)24-15-8-10-20(2)14(12-15)4-5-16-17-6-7-19(23)21(17,3)11-9-18(16)20;14-9-6-7-11(12(15)8-9)13(16)17-10-4-2-1-3-5-10/h4,15-18H,5-12H2,1-3H3;1-8,15H,14H2. The molecule has 0 heterocycles. The lowest BCUT2D eigenvalue weighted by molar-refractivity contribution is -0.148. The highest BCUT2D eigenvalue weighted by molar-refractivity contribution is 5.94. The molecule has 6 atom stereocenters. The van der Waals surface area contributed by atoms with Gasteiger partial charge in [-0.15, -0.1) is 0 Å². The maximum absolute atomic E-state index is 12.4. The molecule has 7 heteroatoms. The Labute approximate surface area is 242 Å². The Morgan fingerprint density at radius 1 is 0.976 bits per heavy atom. The van der Waals surface area contributed by atoms with Crippen LogP contribution in [0.25, 0.3) is 0 Å². The van der Waals surface area contributed by atoms with E-state index < -0.39 is 5.97 Å². The summed E-state index contributed by atoms with van der Waals surface area (Å²) in [7, 11) is 0. The molecule has 4 aliphatic carbocycles. The van der Waals surface area contributed by atoms with Crippen molar-refractivity contribution >= 4 is 23.4 Å². The zero-order valence-corrected chi connectivity index (χ0v) is 24.2. The van der Waals surface area contributed by atoms with Gasteiger partial charge in [-0.05, 0) is 86.0 Å². The Kier molecular flexibility index (Phi) is 8.00. The first-order valence-corrected chi connectivity index (χ1v) is 14.8. The molecule has 0 spiro atoms. The fraction of sp³-hybridized carbons (Fsp3) is 0.500. The van der Waals surface area contributed by atoms with Crippen molar-refractivity contribution in [2.75, 3.05) is 5.73 Å². The third kappa shape index (κ3) is 5.64. The van der Waals surface area contributed by atoms with Crippen LogP contribution >= 0.6 is 0 Å². The zero-order valence-electron chi connectivity index (χ0n) is 24.2.